The second kappa shape index (κ2) is 5.41. The number of carboxylic acids is 1. The van der Waals surface area contributed by atoms with Gasteiger partial charge in [0, 0.05) is 12.5 Å². The fourth-order valence-electron chi connectivity index (χ4n) is 0.718. The zero-order valence-electron chi connectivity index (χ0n) is 7.17. The molecule has 0 aliphatic carbocycles. The average molecular weight is 210 g/mol. The number of carbonyl (C=O) groups is 2. The van der Waals surface area contributed by atoms with Crippen LogP contribution in [0, 0.1) is 0 Å². The van der Waals surface area contributed by atoms with Gasteiger partial charge < -0.3 is 5.11 Å². The third-order valence-electron chi connectivity index (χ3n) is 1.25. The number of allylic oxidation sites excluding steroid dienone is 2. The summed E-state index contributed by atoms with van der Waals surface area (Å²) in [6.45, 7) is 0. The highest BCUT2D eigenvalue weighted by Gasteiger charge is 2.21. The molecule has 0 aliphatic rings. The Kier molecular flexibility index (Phi) is 4.90. The average Bonchev–Trinajstić information content (AvgIpc) is 1.95. The molecule has 0 saturated heterocycles. The molecule has 0 heterocycles. The smallest absolute Gasteiger partial charge is 0.409 e. The number of hydrogen-bond acceptors (Lipinski definition) is 2. The molecule has 0 amide bonds. The Bertz CT molecular complexity index is 243. The highest BCUT2D eigenvalue weighted by Crippen LogP contribution is 2.16. The van der Waals surface area contributed by atoms with Crippen molar-refractivity contribution in [3.8, 4) is 0 Å². The van der Waals surface area contributed by atoms with Gasteiger partial charge in [0.2, 0.25) is 0 Å². The number of carboxylic acid groups (broad SMARTS) is 1. The third kappa shape index (κ3) is 8.76. The van der Waals surface area contributed by atoms with Crippen molar-refractivity contribution < 1.29 is 27.9 Å². The normalized spacial score (nSPS) is 11.9. The van der Waals surface area contributed by atoms with Crippen molar-refractivity contribution in [3.63, 3.8) is 0 Å². The minimum atomic E-state index is -4.38. The molecule has 0 rings (SSSR count). The Labute approximate surface area is 78.2 Å². The van der Waals surface area contributed by atoms with Gasteiger partial charge in [-0.2, -0.15) is 13.2 Å². The molecule has 0 spiro atoms. The Morgan fingerprint density at radius 2 is 1.86 bits per heavy atom. The number of ketones is 1. The van der Waals surface area contributed by atoms with Crippen LogP contribution in [0.4, 0.5) is 13.2 Å². The summed E-state index contributed by atoms with van der Waals surface area (Å²) in [6, 6.07) is 0. The molecule has 0 saturated carbocycles. The molecule has 0 atom stereocenters. The van der Waals surface area contributed by atoms with Crippen LogP contribution in [0.3, 0.4) is 0 Å². The van der Waals surface area contributed by atoms with Crippen molar-refractivity contribution in [3.05, 3.63) is 12.2 Å². The van der Waals surface area contributed by atoms with E-state index in [0.717, 1.165) is 6.08 Å². The topological polar surface area (TPSA) is 54.4 Å². The van der Waals surface area contributed by atoms with Crippen LogP contribution < -0.4 is 0 Å². The molecule has 0 aromatic carbocycles. The van der Waals surface area contributed by atoms with E-state index >= 15 is 0 Å². The van der Waals surface area contributed by atoms with Gasteiger partial charge >= 0.3 is 12.1 Å². The number of rotatable bonds is 5. The Morgan fingerprint density at radius 1 is 1.29 bits per heavy atom. The Hall–Kier alpha value is -1.33. The van der Waals surface area contributed by atoms with Gasteiger partial charge in [-0.3, -0.25) is 9.59 Å². The van der Waals surface area contributed by atoms with Gasteiger partial charge in [0.25, 0.3) is 0 Å². The van der Waals surface area contributed by atoms with E-state index in [2.05, 4.69) is 0 Å². The van der Waals surface area contributed by atoms with Crippen molar-refractivity contribution in [2.75, 3.05) is 0 Å². The van der Waals surface area contributed by atoms with Crippen molar-refractivity contribution in [1.29, 1.82) is 0 Å². The molecule has 0 radical (unpaired) electrons. The van der Waals surface area contributed by atoms with Gasteiger partial charge in [-0.15, -0.1) is 0 Å². The van der Waals surface area contributed by atoms with Gasteiger partial charge in [-0.1, -0.05) is 6.08 Å². The fraction of sp³-hybridized carbons (Fsp3) is 0.500. The van der Waals surface area contributed by atoms with Crippen LogP contribution >= 0.6 is 0 Å². The van der Waals surface area contributed by atoms with E-state index in [1.165, 1.54) is 0 Å². The van der Waals surface area contributed by atoms with Crippen molar-refractivity contribution in [2.45, 2.75) is 25.4 Å². The molecule has 80 valence electrons. The predicted octanol–water partition coefficient (Wildman–Crippen LogP) is 1.93. The summed E-state index contributed by atoms with van der Waals surface area (Å²) in [5, 5.41) is 8.15. The number of aliphatic carboxylic acids is 1. The second-order valence-electron chi connectivity index (χ2n) is 2.59. The molecule has 0 unspecified atom stereocenters. The van der Waals surface area contributed by atoms with E-state index in [9.17, 15) is 22.8 Å². The lowest BCUT2D eigenvalue weighted by molar-refractivity contribution is -0.140. The monoisotopic (exact) mass is 210 g/mol. The molecule has 14 heavy (non-hydrogen) atoms. The van der Waals surface area contributed by atoms with Crippen LogP contribution in [-0.2, 0) is 9.59 Å². The molecule has 0 aromatic rings. The van der Waals surface area contributed by atoms with Gasteiger partial charge in [-0.05, 0) is 6.42 Å². The highest BCUT2D eigenvalue weighted by molar-refractivity contribution is 5.94. The van der Waals surface area contributed by atoms with Crippen molar-refractivity contribution in [1.82, 2.24) is 0 Å². The lowest BCUT2D eigenvalue weighted by Gasteiger charge is -1.97. The Morgan fingerprint density at radius 3 is 2.29 bits per heavy atom. The minimum absolute atomic E-state index is 0.0288. The van der Waals surface area contributed by atoms with E-state index in [1.54, 1.807) is 0 Å². The standard InChI is InChI=1S/C8H9F3O3/c9-8(10,11)4-2-1-3-6(12)5-7(13)14/h2,4H,1,3,5H2,(H,13,14). The number of halogens is 3. The van der Waals surface area contributed by atoms with Crippen LogP contribution in [0.1, 0.15) is 19.3 Å². The summed E-state index contributed by atoms with van der Waals surface area (Å²) in [4.78, 5) is 20.7. The quantitative estimate of drug-likeness (QED) is 0.557. The molecular formula is C8H9F3O3. The molecule has 6 heteroatoms. The first-order valence-electron chi connectivity index (χ1n) is 3.79. The predicted molar refractivity (Wildman–Crippen MR) is 41.7 cm³/mol. The summed E-state index contributed by atoms with van der Waals surface area (Å²) in [7, 11) is 0. The van der Waals surface area contributed by atoms with Gasteiger partial charge in [0.15, 0.2) is 0 Å². The van der Waals surface area contributed by atoms with E-state index in [-0.39, 0.29) is 18.9 Å². The van der Waals surface area contributed by atoms with Gasteiger partial charge in [-0.25, -0.2) is 0 Å². The number of Topliss-reactive ketones (excluding diaryl/α,β-unsaturated/α-hetero) is 1. The lowest BCUT2D eigenvalue weighted by Crippen LogP contribution is -2.06. The van der Waals surface area contributed by atoms with E-state index in [4.69, 9.17) is 5.11 Å². The van der Waals surface area contributed by atoms with Crippen LogP contribution in [0.5, 0.6) is 0 Å². The summed E-state index contributed by atoms with van der Waals surface area (Å²) >= 11 is 0. The second-order valence-corrected chi connectivity index (χ2v) is 2.59. The van der Waals surface area contributed by atoms with Gasteiger partial charge in [0.1, 0.15) is 12.2 Å². The maximum atomic E-state index is 11.5. The van der Waals surface area contributed by atoms with Gasteiger partial charge in [0.05, 0.1) is 0 Å². The minimum Gasteiger partial charge on any atom is -0.481 e. The number of carbonyl (C=O) groups excluding carboxylic acids is 1. The molecule has 0 fully saturated rings. The first-order valence-corrected chi connectivity index (χ1v) is 3.79. The van der Waals surface area contributed by atoms with Crippen LogP contribution in [0.25, 0.3) is 0 Å². The molecule has 3 nitrogen and oxygen atoms in total. The first-order chi connectivity index (χ1) is 6.31. The maximum absolute atomic E-state index is 11.5. The molecule has 0 aromatic heterocycles. The number of hydrogen-bond donors (Lipinski definition) is 1. The van der Waals surface area contributed by atoms with Crippen LogP contribution in [0.15, 0.2) is 12.2 Å². The summed E-state index contributed by atoms with van der Waals surface area (Å²) in [5.74, 6) is -1.85. The Balaban J connectivity index is 3.70. The van der Waals surface area contributed by atoms with E-state index in [0.29, 0.717) is 0 Å². The maximum Gasteiger partial charge on any atom is 0.409 e. The summed E-state index contributed by atoms with van der Waals surface area (Å²) in [5.41, 5.74) is 0. The largest absolute Gasteiger partial charge is 0.481 e. The zero-order valence-corrected chi connectivity index (χ0v) is 7.17. The summed E-state index contributed by atoms with van der Waals surface area (Å²) in [6.07, 6.45) is -4.46. The summed E-state index contributed by atoms with van der Waals surface area (Å²) < 4.78 is 34.6. The zero-order chi connectivity index (χ0) is 11.2. The van der Waals surface area contributed by atoms with Crippen LogP contribution in [-0.4, -0.2) is 23.0 Å². The SMILES string of the molecule is O=C(O)CC(=O)CCC=CC(F)(F)F. The molecule has 1 N–H and O–H groups in total. The van der Waals surface area contributed by atoms with Crippen molar-refractivity contribution in [2.24, 2.45) is 0 Å². The molecule has 0 aliphatic heterocycles. The van der Waals surface area contributed by atoms with Crippen LogP contribution in [0.2, 0.25) is 0 Å². The third-order valence-corrected chi connectivity index (χ3v) is 1.25. The first kappa shape index (κ1) is 12.7. The van der Waals surface area contributed by atoms with Crippen molar-refractivity contribution >= 4 is 11.8 Å². The fourth-order valence-corrected chi connectivity index (χ4v) is 0.718. The lowest BCUT2D eigenvalue weighted by atomic mass is 10.1. The van der Waals surface area contributed by atoms with E-state index in [1.807, 2.05) is 0 Å². The molecular weight excluding hydrogens is 201 g/mol. The molecule has 0 bridgehead atoms. The highest BCUT2D eigenvalue weighted by atomic mass is 19.4. The number of alkyl halides is 3. The van der Waals surface area contributed by atoms with E-state index < -0.39 is 24.3 Å².